The van der Waals surface area contributed by atoms with Crippen molar-refractivity contribution in [1.29, 1.82) is 0 Å². The lowest BCUT2D eigenvalue weighted by Gasteiger charge is -2.24. The van der Waals surface area contributed by atoms with Gasteiger partial charge < -0.3 is 11.1 Å². The summed E-state index contributed by atoms with van der Waals surface area (Å²) in [6, 6.07) is 1.20. The minimum Gasteiger partial charge on any atom is -0.391 e. The number of carbonyl (C=O) groups excluding carboxylic acids is 1. The Morgan fingerprint density at radius 2 is 1.72 bits per heavy atom. The van der Waals surface area contributed by atoms with Crippen molar-refractivity contribution in [3.63, 3.8) is 0 Å². The van der Waals surface area contributed by atoms with E-state index < -0.39 is 28.9 Å². The molecule has 0 heterocycles. The van der Waals surface area contributed by atoms with Crippen LogP contribution in [0.3, 0.4) is 0 Å². The van der Waals surface area contributed by atoms with Crippen molar-refractivity contribution in [1.82, 2.24) is 5.32 Å². The Kier molecular flexibility index (Phi) is 3.95. The number of carbonyl (C=O) groups is 1. The van der Waals surface area contributed by atoms with Crippen molar-refractivity contribution >= 4 is 23.1 Å². The number of nitrogens with two attached hydrogens (primary N) is 1. The Balaban J connectivity index is 3.03. The summed E-state index contributed by atoms with van der Waals surface area (Å²) < 4.78 is 38.6. The SMILES string of the molecule is CC(C)(NC(=O)c1cc(F)c(F)c(F)c1)C(N)=S. The van der Waals surface area contributed by atoms with Gasteiger partial charge in [0, 0.05) is 5.56 Å². The Morgan fingerprint density at radius 3 is 2.11 bits per heavy atom. The van der Waals surface area contributed by atoms with Crippen LogP contribution in [0.25, 0.3) is 0 Å². The van der Waals surface area contributed by atoms with E-state index in [1.54, 1.807) is 0 Å². The van der Waals surface area contributed by atoms with Crippen LogP contribution in [0, 0.1) is 17.5 Å². The van der Waals surface area contributed by atoms with E-state index in [1.807, 2.05) is 0 Å². The normalized spacial score (nSPS) is 11.2. The van der Waals surface area contributed by atoms with Crippen LogP contribution in [0.5, 0.6) is 0 Å². The third-order valence-electron chi connectivity index (χ3n) is 2.29. The molecular formula is C11H11F3N2OS. The maximum Gasteiger partial charge on any atom is 0.252 e. The largest absolute Gasteiger partial charge is 0.391 e. The number of hydrogen-bond acceptors (Lipinski definition) is 2. The highest BCUT2D eigenvalue weighted by atomic mass is 32.1. The summed E-state index contributed by atoms with van der Waals surface area (Å²) in [5.41, 5.74) is 4.02. The Bertz CT molecular complexity index is 494. The van der Waals surface area contributed by atoms with Crippen molar-refractivity contribution in [2.75, 3.05) is 0 Å². The van der Waals surface area contributed by atoms with Gasteiger partial charge in [-0.05, 0) is 26.0 Å². The van der Waals surface area contributed by atoms with Crippen LogP contribution in [0.2, 0.25) is 0 Å². The van der Waals surface area contributed by atoms with Gasteiger partial charge in [-0.25, -0.2) is 13.2 Å². The molecule has 0 aliphatic heterocycles. The Labute approximate surface area is 107 Å². The third kappa shape index (κ3) is 2.98. The molecule has 3 N–H and O–H groups in total. The summed E-state index contributed by atoms with van der Waals surface area (Å²) in [5.74, 6) is -5.30. The molecule has 7 heteroatoms. The number of halogens is 3. The fraction of sp³-hybridized carbons (Fsp3) is 0.273. The van der Waals surface area contributed by atoms with Crippen molar-refractivity contribution in [2.45, 2.75) is 19.4 Å². The highest BCUT2D eigenvalue weighted by Crippen LogP contribution is 2.14. The molecule has 0 radical (unpaired) electrons. The van der Waals surface area contributed by atoms with Crippen molar-refractivity contribution < 1.29 is 18.0 Å². The fourth-order valence-corrected chi connectivity index (χ4v) is 1.16. The minimum absolute atomic E-state index is 0.0129. The third-order valence-corrected chi connectivity index (χ3v) is 2.80. The monoisotopic (exact) mass is 276 g/mol. The predicted octanol–water partition coefficient (Wildman–Crippen LogP) is 1.90. The van der Waals surface area contributed by atoms with Gasteiger partial charge in [0.1, 0.15) is 0 Å². The number of amides is 1. The summed E-state index contributed by atoms with van der Waals surface area (Å²) in [4.78, 5) is 11.7. The van der Waals surface area contributed by atoms with Crippen LogP contribution >= 0.6 is 12.2 Å². The number of rotatable bonds is 3. The zero-order chi connectivity index (χ0) is 14.1. The Hall–Kier alpha value is -1.63. The average Bonchev–Trinajstić information content (AvgIpc) is 2.24. The average molecular weight is 276 g/mol. The fourth-order valence-electron chi connectivity index (χ4n) is 1.10. The van der Waals surface area contributed by atoms with Gasteiger partial charge in [-0.1, -0.05) is 12.2 Å². The second-order valence-corrected chi connectivity index (χ2v) is 4.64. The van der Waals surface area contributed by atoms with Crippen LogP contribution in [0.4, 0.5) is 13.2 Å². The topological polar surface area (TPSA) is 55.1 Å². The lowest BCUT2D eigenvalue weighted by Crippen LogP contribution is -2.52. The number of thiocarbonyl (C=S) groups is 1. The van der Waals surface area contributed by atoms with Gasteiger partial charge in [0.15, 0.2) is 17.5 Å². The van der Waals surface area contributed by atoms with E-state index in [9.17, 15) is 18.0 Å². The van der Waals surface area contributed by atoms with Gasteiger partial charge in [-0.2, -0.15) is 0 Å². The van der Waals surface area contributed by atoms with Gasteiger partial charge >= 0.3 is 0 Å². The molecule has 3 nitrogen and oxygen atoms in total. The molecule has 0 saturated heterocycles. The molecule has 1 aromatic rings. The van der Waals surface area contributed by atoms with Gasteiger partial charge in [0.25, 0.3) is 5.91 Å². The van der Waals surface area contributed by atoms with E-state index in [-0.39, 0.29) is 10.6 Å². The lowest BCUT2D eigenvalue weighted by atomic mass is 10.0. The minimum atomic E-state index is -1.62. The molecule has 98 valence electrons. The van der Waals surface area contributed by atoms with E-state index in [1.165, 1.54) is 13.8 Å². The summed E-state index contributed by atoms with van der Waals surface area (Å²) in [7, 11) is 0. The smallest absolute Gasteiger partial charge is 0.252 e. The van der Waals surface area contributed by atoms with Gasteiger partial charge in [0.05, 0.1) is 10.5 Å². The highest BCUT2D eigenvalue weighted by Gasteiger charge is 2.25. The zero-order valence-corrected chi connectivity index (χ0v) is 10.5. The highest BCUT2D eigenvalue weighted by molar-refractivity contribution is 7.80. The molecule has 0 aromatic heterocycles. The Morgan fingerprint density at radius 1 is 1.28 bits per heavy atom. The zero-order valence-electron chi connectivity index (χ0n) is 9.68. The van der Waals surface area contributed by atoms with Gasteiger partial charge in [-0.3, -0.25) is 4.79 Å². The molecule has 0 aliphatic carbocycles. The van der Waals surface area contributed by atoms with E-state index in [2.05, 4.69) is 5.32 Å². The molecule has 0 fully saturated rings. The first-order chi connectivity index (χ1) is 8.15. The standard InChI is InChI=1S/C11H11F3N2OS/c1-11(2,10(15)18)16-9(17)5-3-6(12)8(14)7(13)4-5/h3-4H,1-2H3,(H2,15,18)(H,16,17). The maximum absolute atomic E-state index is 12.9. The number of benzene rings is 1. The molecule has 0 saturated carbocycles. The quantitative estimate of drug-likeness (QED) is 0.655. The molecule has 18 heavy (non-hydrogen) atoms. The van der Waals surface area contributed by atoms with E-state index in [0.29, 0.717) is 12.1 Å². The van der Waals surface area contributed by atoms with Crippen LogP contribution in [-0.2, 0) is 0 Å². The second kappa shape index (κ2) is 4.93. The summed E-state index contributed by atoms with van der Waals surface area (Å²) in [6.07, 6.45) is 0. The van der Waals surface area contributed by atoms with Crippen molar-refractivity contribution in [3.05, 3.63) is 35.1 Å². The predicted molar refractivity (Wildman–Crippen MR) is 64.6 cm³/mol. The number of nitrogens with one attached hydrogen (secondary N) is 1. The summed E-state index contributed by atoms with van der Waals surface area (Å²) in [5, 5.41) is 2.38. The first-order valence-corrected chi connectivity index (χ1v) is 5.33. The van der Waals surface area contributed by atoms with E-state index >= 15 is 0 Å². The molecule has 1 amide bonds. The van der Waals surface area contributed by atoms with Crippen LogP contribution in [0.15, 0.2) is 12.1 Å². The molecule has 1 aromatic carbocycles. The summed E-state index contributed by atoms with van der Waals surface area (Å²) in [6.45, 7) is 3.06. The molecule has 0 bridgehead atoms. The van der Waals surface area contributed by atoms with E-state index in [0.717, 1.165) is 0 Å². The lowest BCUT2D eigenvalue weighted by molar-refractivity contribution is 0.0931. The maximum atomic E-state index is 12.9. The first-order valence-electron chi connectivity index (χ1n) is 4.92. The molecule has 0 atom stereocenters. The van der Waals surface area contributed by atoms with Crippen molar-refractivity contribution in [3.8, 4) is 0 Å². The molecule has 1 rings (SSSR count). The van der Waals surface area contributed by atoms with Crippen LogP contribution in [-0.4, -0.2) is 16.4 Å². The van der Waals surface area contributed by atoms with E-state index in [4.69, 9.17) is 18.0 Å². The number of hydrogen-bond donors (Lipinski definition) is 2. The molecular weight excluding hydrogens is 265 g/mol. The van der Waals surface area contributed by atoms with Crippen LogP contribution in [0.1, 0.15) is 24.2 Å². The van der Waals surface area contributed by atoms with Crippen LogP contribution < -0.4 is 11.1 Å². The second-order valence-electron chi connectivity index (χ2n) is 4.20. The molecule has 0 spiro atoms. The first kappa shape index (κ1) is 14.4. The van der Waals surface area contributed by atoms with Gasteiger partial charge in [-0.15, -0.1) is 0 Å². The van der Waals surface area contributed by atoms with Crippen molar-refractivity contribution in [2.24, 2.45) is 5.73 Å². The molecule has 0 unspecified atom stereocenters. The molecule has 0 aliphatic rings. The summed E-state index contributed by atoms with van der Waals surface area (Å²) >= 11 is 4.73. The van der Waals surface area contributed by atoms with Gasteiger partial charge in [0.2, 0.25) is 0 Å².